The van der Waals surface area contributed by atoms with Crippen LogP contribution in [0.2, 0.25) is 0 Å². The van der Waals surface area contributed by atoms with E-state index in [4.69, 9.17) is 18.9 Å². The van der Waals surface area contributed by atoms with Crippen LogP contribution in [0, 0.1) is 0 Å². The van der Waals surface area contributed by atoms with Crippen molar-refractivity contribution >= 4 is 29.9 Å². The third kappa shape index (κ3) is 7.56. The van der Waals surface area contributed by atoms with Crippen molar-refractivity contribution < 1.29 is 18.9 Å². The van der Waals surface area contributed by atoms with Crippen molar-refractivity contribution in [1.29, 1.82) is 0 Å². The number of methoxy groups -OCH3 is 1. The Morgan fingerprint density at radius 1 is 1.00 bits per heavy atom. The average molecular weight is 527 g/mol. The first kappa shape index (κ1) is 24.1. The van der Waals surface area contributed by atoms with Crippen LogP contribution in [0.25, 0.3) is 0 Å². The van der Waals surface area contributed by atoms with Crippen LogP contribution in [0.5, 0.6) is 17.2 Å². The molecule has 8 heteroatoms. The van der Waals surface area contributed by atoms with E-state index in [1.807, 2.05) is 36.4 Å². The van der Waals surface area contributed by atoms with Gasteiger partial charge < -0.3 is 29.6 Å². The van der Waals surface area contributed by atoms with E-state index in [1.165, 1.54) is 5.56 Å². The lowest BCUT2D eigenvalue weighted by molar-refractivity contribution is 0.146. The number of halogens is 1. The van der Waals surface area contributed by atoms with E-state index in [2.05, 4.69) is 28.6 Å². The van der Waals surface area contributed by atoms with Gasteiger partial charge in [0, 0.05) is 20.2 Å². The number of nitrogens with one attached hydrogen (secondary N) is 2. The summed E-state index contributed by atoms with van der Waals surface area (Å²) >= 11 is 0. The highest BCUT2D eigenvalue weighted by molar-refractivity contribution is 14.0. The Labute approximate surface area is 195 Å². The first-order chi connectivity index (χ1) is 14.3. The minimum atomic E-state index is 0. The van der Waals surface area contributed by atoms with Crippen LogP contribution in [0.1, 0.15) is 18.1 Å². The molecule has 0 bridgehead atoms. The van der Waals surface area contributed by atoms with Gasteiger partial charge in [0.15, 0.2) is 17.5 Å². The summed E-state index contributed by atoms with van der Waals surface area (Å²) in [5.41, 5.74) is 2.32. The van der Waals surface area contributed by atoms with Gasteiger partial charge in [0.1, 0.15) is 12.4 Å². The number of guanidine groups is 1. The fourth-order valence-corrected chi connectivity index (χ4v) is 2.87. The van der Waals surface area contributed by atoms with Gasteiger partial charge in [-0.25, -0.2) is 4.99 Å². The molecule has 0 unspecified atom stereocenters. The first-order valence-corrected chi connectivity index (χ1v) is 9.90. The predicted octanol–water partition coefficient (Wildman–Crippen LogP) is 3.36. The fourth-order valence-electron chi connectivity index (χ4n) is 2.87. The van der Waals surface area contributed by atoms with Crippen molar-refractivity contribution in [3.8, 4) is 17.2 Å². The zero-order valence-corrected chi connectivity index (χ0v) is 19.8. The summed E-state index contributed by atoms with van der Waals surface area (Å²) in [5, 5.41) is 6.66. The molecule has 0 aromatic heterocycles. The van der Waals surface area contributed by atoms with Crippen molar-refractivity contribution in [3.05, 3.63) is 53.6 Å². The topological polar surface area (TPSA) is 73.3 Å². The summed E-state index contributed by atoms with van der Waals surface area (Å²) < 4.78 is 21.4. The molecule has 0 amide bonds. The number of nitrogens with zero attached hydrogens (tertiary/aromatic N) is 1. The van der Waals surface area contributed by atoms with Crippen molar-refractivity contribution in [2.45, 2.75) is 19.9 Å². The lowest BCUT2D eigenvalue weighted by Gasteiger charge is -2.12. The summed E-state index contributed by atoms with van der Waals surface area (Å²) in [6, 6.07) is 14.0. The van der Waals surface area contributed by atoms with Crippen LogP contribution in [0.15, 0.2) is 47.5 Å². The number of hydrogen-bond acceptors (Lipinski definition) is 5. The second kappa shape index (κ2) is 13.2. The van der Waals surface area contributed by atoms with Crippen LogP contribution < -0.4 is 24.8 Å². The van der Waals surface area contributed by atoms with E-state index in [1.54, 1.807) is 7.11 Å². The summed E-state index contributed by atoms with van der Waals surface area (Å²) in [7, 11) is 1.66. The van der Waals surface area contributed by atoms with E-state index in [0.29, 0.717) is 26.6 Å². The second-order valence-corrected chi connectivity index (χ2v) is 6.54. The van der Waals surface area contributed by atoms with Crippen molar-refractivity contribution in [3.63, 3.8) is 0 Å². The molecular formula is C22H30IN3O4. The fraction of sp³-hybridized carbons (Fsp3) is 0.409. The predicted molar refractivity (Wildman–Crippen MR) is 128 cm³/mol. The highest BCUT2D eigenvalue weighted by atomic mass is 127. The maximum Gasteiger partial charge on any atom is 0.231 e. The Bertz CT molecular complexity index is 799. The lowest BCUT2D eigenvalue weighted by Crippen LogP contribution is -2.38. The first-order valence-electron chi connectivity index (χ1n) is 9.90. The third-order valence-electron chi connectivity index (χ3n) is 4.39. The molecule has 0 fully saturated rings. The normalized spacial score (nSPS) is 12.3. The van der Waals surface area contributed by atoms with Gasteiger partial charge in [-0.1, -0.05) is 18.2 Å². The maximum atomic E-state index is 5.59. The highest BCUT2D eigenvalue weighted by Crippen LogP contribution is 2.32. The van der Waals surface area contributed by atoms with E-state index in [0.717, 1.165) is 48.3 Å². The van der Waals surface area contributed by atoms with Crippen LogP contribution in [-0.2, 0) is 17.7 Å². The standard InChI is InChI=1S/C22H29N3O4.HI/c1-3-23-22(24-11-10-17-6-9-20-21(14-17)29-16-28-20)25-15-18-4-7-19(8-5-18)27-13-12-26-2;/h4-9,14H,3,10-13,15-16H2,1-2H3,(H2,23,24,25);1H. The molecule has 0 atom stereocenters. The molecule has 0 spiro atoms. The molecule has 0 saturated heterocycles. The monoisotopic (exact) mass is 527 g/mol. The Morgan fingerprint density at radius 3 is 2.53 bits per heavy atom. The molecule has 1 heterocycles. The van der Waals surface area contributed by atoms with E-state index < -0.39 is 0 Å². The van der Waals surface area contributed by atoms with Crippen LogP contribution >= 0.6 is 24.0 Å². The molecule has 0 aliphatic carbocycles. The third-order valence-corrected chi connectivity index (χ3v) is 4.39. The lowest BCUT2D eigenvalue weighted by atomic mass is 10.1. The van der Waals surface area contributed by atoms with Gasteiger partial charge in [-0.3, -0.25) is 0 Å². The molecule has 1 aliphatic rings. The molecule has 0 radical (unpaired) electrons. The van der Waals surface area contributed by atoms with Gasteiger partial charge in [-0.15, -0.1) is 24.0 Å². The van der Waals surface area contributed by atoms with Crippen LogP contribution in [0.3, 0.4) is 0 Å². The van der Waals surface area contributed by atoms with Gasteiger partial charge in [-0.2, -0.15) is 0 Å². The molecular weight excluding hydrogens is 497 g/mol. The van der Waals surface area contributed by atoms with Gasteiger partial charge in [0.25, 0.3) is 0 Å². The molecule has 164 valence electrons. The van der Waals surface area contributed by atoms with Gasteiger partial charge >= 0.3 is 0 Å². The molecule has 7 nitrogen and oxygen atoms in total. The Morgan fingerprint density at radius 2 is 1.77 bits per heavy atom. The number of fused-ring (bicyclic) bond motifs is 1. The zero-order chi connectivity index (χ0) is 20.3. The largest absolute Gasteiger partial charge is 0.491 e. The SMILES string of the molecule is CCNC(=NCc1ccc(OCCOC)cc1)NCCc1ccc2c(c1)OCO2.I. The average Bonchev–Trinajstić information content (AvgIpc) is 3.21. The van der Waals surface area contributed by atoms with Crippen LogP contribution in [0.4, 0.5) is 0 Å². The Kier molecular flexibility index (Phi) is 10.6. The minimum absolute atomic E-state index is 0. The summed E-state index contributed by atoms with van der Waals surface area (Å²) in [6.07, 6.45) is 0.870. The van der Waals surface area contributed by atoms with Crippen molar-refractivity contribution in [2.24, 2.45) is 4.99 Å². The minimum Gasteiger partial charge on any atom is -0.491 e. The molecule has 2 N–H and O–H groups in total. The summed E-state index contributed by atoms with van der Waals surface area (Å²) in [6.45, 7) is 5.66. The molecule has 2 aromatic carbocycles. The number of benzene rings is 2. The number of hydrogen-bond donors (Lipinski definition) is 2. The Balaban J connectivity index is 0.00000320. The van der Waals surface area contributed by atoms with Gasteiger partial charge in [-0.05, 0) is 48.7 Å². The molecule has 30 heavy (non-hydrogen) atoms. The second-order valence-electron chi connectivity index (χ2n) is 6.54. The van der Waals surface area contributed by atoms with Crippen molar-refractivity contribution in [1.82, 2.24) is 10.6 Å². The molecule has 1 aliphatic heterocycles. The number of aliphatic imine (C=N–C) groups is 1. The highest BCUT2D eigenvalue weighted by Gasteiger charge is 2.12. The van der Waals surface area contributed by atoms with E-state index in [9.17, 15) is 0 Å². The molecule has 3 rings (SSSR count). The summed E-state index contributed by atoms with van der Waals surface area (Å²) in [5.74, 6) is 3.27. The maximum absolute atomic E-state index is 5.59. The summed E-state index contributed by atoms with van der Waals surface area (Å²) in [4.78, 5) is 4.67. The smallest absolute Gasteiger partial charge is 0.231 e. The van der Waals surface area contributed by atoms with E-state index >= 15 is 0 Å². The molecule has 2 aromatic rings. The van der Waals surface area contributed by atoms with E-state index in [-0.39, 0.29) is 24.0 Å². The Hall–Kier alpha value is -2.20. The molecule has 0 saturated carbocycles. The zero-order valence-electron chi connectivity index (χ0n) is 17.5. The number of ether oxygens (including phenoxy) is 4. The van der Waals surface area contributed by atoms with Gasteiger partial charge in [0.05, 0.1) is 13.2 Å². The van der Waals surface area contributed by atoms with Gasteiger partial charge in [0.2, 0.25) is 6.79 Å². The quantitative estimate of drug-likeness (QED) is 0.214. The van der Waals surface area contributed by atoms with Crippen LogP contribution in [-0.4, -0.2) is 46.2 Å². The van der Waals surface area contributed by atoms with Crippen molar-refractivity contribution in [2.75, 3.05) is 40.2 Å². The number of rotatable bonds is 10.